The number of carbonyl (C=O) groups excluding carboxylic acids is 1. The first-order valence-corrected chi connectivity index (χ1v) is 7.87. The van der Waals surface area contributed by atoms with Crippen LogP contribution in [0.3, 0.4) is 0 Å². The van der Waals surface area contributed by atoms with Crippen LogP contribution in [0.5, 0.6) is 0 Å². The number of fused-ring (bicyclic) bond motifs is 1. The second-order valence-electron chi connectivity index (χ2n) is 4.22. The second-order valence-corrected chi connectivity index (χ2v) is 6.06. The van der Waals surface area contributed by atoms with Gasteiger partial charge < -0.3 is 4.74 Å². The highest BCUT2D eigenvalue weighted by Crippen LogP contribution is 2.48. The van der Waals surface area contributed by atoms with Gasteiger partial charge in [-0.15, -0.1) is 6.58 Å². The van der Waals surface area contributed by atoms with E-state index in [4.69, 9.17) is 4.74 Å². The van der Waals surface area contributed by atoms with Gasteiger partial charge in [-0.2, -0.15) is 11.8 Å². The molecule has 0 aromatic carbocycles. The maximum Gasteiger partial charge on any atom is 0.306 e. The van der Waals surface area contributed by atoms with E-state index in [1.165, 1.54) is 0 Å². The summed E-state index contributed by atoms with van der Waals surface area (Å²) in [5, 5.41) is 0. The number of hydrogen-bond acceptors (Lipinski definition) is 3. The van der Waals surface area contributed by atoms with Gasteiger partial charge in [-0.25, -0.2) is 0 Å². The van der Waals surface area contributed by atoms with Gasteiger partial charge in [-0.05, 0) is 6.42 Å². The number of esters is 1. The van der Waals surface area contributed by atoms with Crippen LogP contribution in [0.1, 0.15) is 12.8 Å². The van der Waals surface area contributed by atoms with Crippen molar-refractivity contribution in [2.45, 2.75) is 18.4 Å². The summed E-state index contributed by atoms with van der Waals surface area (Å²) in [6.07, 6.45) is 3.53. The zero-order valence-electron chi connectivity index (χ0n) is 8.58. The quantitative estimate of drug-likeness (QED) is 0.343. The Morgan fingerprint density at radius 3 is 3.13 bits per heavy atom. The zero-order chi connectivity index (χ0) is 10.9. The highest BCUT2D eigenvalue weighted by molar-refractivity contribution is 14.1. The molecule has 0 N–H and O–H groups in total. The Balaban J connectivity index is 2.24. The van der Waals surface area contributed by atoms with Crippen molar-refractivity contribution in [2.75, 3.05) is 15.9 Å². The molecule has 0 amide bonds. The minimum absolute atomic E-state index is 0.00627. The first-order valence-electron chi connectivity index (χ1n) is 5.19. The molecule has 2 fully saturated rings. The standard InChI is InChI=1S/C11H15IO2S/c1-2-3-8-5-15-6-9-4-10(13)14-11(8,9)7-12/h2,8-9H,1,3-7H2/t8-,9+,11-/m0/s1. The molecule has 0 aliphatic carbocycles. The molecule has 4 heteroatoms. The lowest BCUT2D eigenvalue weighted by Gasteiger charge is -2.42. The van der Waals surface area contributed by atoms with Gasteiger partial charge in [0.25, 0.3) is 0 Å². The highest BCUT2D eigenvalue weighted by Gasteiger charge is 2.54. The van der Waals surface area contributed by atoms with Crippen molar-refractivity contribution in [2.24, 2.45) is 11.8 Å². The van der Waals surface area contributed by atoms with Crippen LogP contribution in [0.2, 0.25) is 0 Å². The fraction of sp³-hybridized carbons (Fsp3) is 0.727. The largest absolute Gasteiger partial charge is 0.458 e. The molecule has 2 saturated heterocycles. The van der Waals surface area contributed by atoms with E-state index < -0.39 is 0 Å². The number of hydrogen-bond donors (Lipinski definition) is 0. The Labute approximate surface area is 108 Å². The van der Waals surface area contributed by atoms with Gasteiger partial charge in [0.2, 0.25) is 0 Å². The minimum Gasteiger partial charge on any atom is -0.458 e. The highest BCUT2D eigenvalue weighted by atomic mass is 127. The molecule has 2 rings (SSSR count). The molecule has 0 bridgehead atoms. The lowest BCUT2D eigenvalue weighted by atomic mass is 9.78. The maximum absolute atomic E-state index is 11.5. The fourth-order valence-electron chi connectivity index (χ4n) is 2.54. The molecule has 15 heavy (non-hydrogen) atoms. The van der Waals surface area contributed by atoms with Crippen molar-refractivity contribution in [3.63, 3.8) is 0 Å². The zero-order valence-corrected chi connectivity index (χ0v) is 11.6. The van der Waals surface area contributed by atoms with Crippen molar-refractivity contribution in [1.82, 2.24) is 0 Å². The van der Waals surface area contributed by atoms with E-state index in [2.05, 4.69) is 29.2 Å². The van der Waals surface area contributed by atoms with Crippen LogP contribution in [0.25, 0.3) is 0 Å². The van der Waals surface area contributed by atoms with Crippen LogP contribution in [-0.4, -0.2) is 27.5 Å². The normalized spacial score (nSPS) is 39.7. The van der Waals surface area contributed by atoms with E-state index in [1.54, 1.807) is 0 Å². The number of halogens is 1. The maximum atomic E-state index is 11.5. The summed E-state index contributed by atoms with van der Waals surface area (Å²) >= 11 is 4.31. The third kappa shape index (κ3) is 1.95. The van der Waals surface area contributed by atoms with E-state index in [1.807, 2.05) is 17.8 Å². The Kier molecular flexibility index (Phi) is 3.65. The number of thioether (sulfide) groups is 1. The van der Waals surface area contributed by atoms with Gasteiger partial charge in [-0.1, -0.05) is 28.7 Å². The van der Waals surface area contributed by atoms with E-state index in [0.29, 0.717) is 18.3 Å². The molecule has 2 aliphatic heterocycles. The Hall–Kier alpha value is 0.290. The molecule has 84 valence electrons. The van der Waals surface area contributed by atoms with Gasteiger partial charge >= 0.3 is 5.97 Å². The molecule has 2 heterocycles. The molecular weight excluding hydrogens is 323 g/mol. The Morgan fingerprint density at radius 1 is 1.67 bits per heavy atom. The first kappa shape index (κ1) is 11.8. The van der Waals surface area contributed by atoms with Crippen molar-refractivity contribution in [3.8, 4) is 0 Å². The average Bonchev–Trinajstić information content (AvgIpc) is 2.56. The van der Waals surface area contributed by atoms with Crippen LogP contribution in [0.15, 0.2) is 12.7 Å². The van der Waals surface area contributed by atoms with Crippen molar-refractivity contribution in [3.05, 3.63) is 12.7 Å². The number of allylic oxidation sites excluding steroid dienone is 1. The summed E-state index contributed by atoms with van der Waals surface area (Å²) in [6.45, 7) is 3.80. The predicted octanol–water partition coefficient (Wildman–Crippen LogP) is 2.66. The minimum atomic E-state index is -0.183. The lowest BCUT2D eigenvalue weighted by molar-refractivity contribution is -0.151. The number of ether oxygens (including phenoxy) is 1. The number of rotatable bonds is 3. The van der Waals surface area contributed by atoms with Crippen LogP contribution >= 0.6 is 34.4 Å². The van der Waals surface area contributed by atoms with Crippen LogP contribution < -0.4 is 0 Å². The SMILES string of the molecule is C=CC[C@H]1CSC[C@H]2CC(=O)O[C@@]12CI. The van der Waals surface area contributed by atoms with E-state index in [-0.39, 0.29) is 11.6 Å². The molecule has 0 saturated carbocycles. The third-order valence-corrected chi connectivity index (χ3v) is 5.87. The van der Waals surface area contributed by atoms with Gasteiger partial charge in [0.15, 0.2) is 0 Å². The molecule has 3 atom stereocenters. The Bertz CT molecular complexity index is 282. The fourth-order valence-corrected chi connectivity index (χ4v) is 5.46. The van der Waals surface area contributed by atoms with Gasteiger partial charge in [0.05, 0.1) is 6.42 Å². The van der Waals surface area contributed by atoms with Crippen LogP contribution in [-0.2, 0) is 9.53 Å². The van der Waals surface area contributed by atoms with E-state index in [9.17, 15) is 4.79 Å². The average molecular weight is 338 g/mol. The smallest absolute Gasteiger partial charge is 0.306 e. The lowest BCUT2D eigenvalue weighted by Crippen LogP contribution is -2.49. The molecule has 0 radical (unpaired) electrons. The van der Waals surface area contributed by atoms with Gasteiger partial charge in [0, 0.05) is 27.8 Å². The summed E-state index contributed by atoms with van der Waals surface area (Å²) in [5.74, 6) is 3.04. The summed E-state index contributed by atoms with van der Waals surface area (Å²) in [5.41, 5.74) is -0.183. The van der Waals surface area contributed by atoms with E-state index >= 15 is 0 Å². The molecule has 2 aliphatic rings. The van der Waals surface area contributed by atoms with Crippen molar-refractivity contribution >= 4 is 40.3 Å². The van der Waals surface area contributed by atoms with E-state index in [0.717, 1.165) is 22.4 Å². The van der Waals surface area contributed by atoms with Crippen molar-refractivity contribution in [1.29, 1.82) is 0 Å². The summed E-state index contributed by atoms with van der Waals surface area (Å²) in [4.78, 5) is 11.5. The van der Waals surface area contributed by atoms with Gasteiger partial charge in [0.1, 0.15) is 5.60 Å². The molecule has 0 spiro atoms. The summed E-state index contributed by atoms with van der Waals surface area (Å²) in [7, 11) is 0. The Morgan fingerprint density at radius 2 is 2.47 bits per heavy atom. The molecule has 2 nitrogen and oxygen atoms in total. The summed E-state index contributed by atoms with van der Waals surface area (Å²) < 4.78 is 6.58. The van der Waals surface area contributed by atoms with Crippen LogP contribution in [0, 0.1) is 11.8 Å². The van der Waals surface area contributed by atoms with Gasteiger partial charge in [-0.3, -0.25) is 4.79 Å². The summed E-state index contributed by atoms with van der Waals surface area (Å²) in [6, 6.07) is 0. The molecule has 0 aromatic heterocycles. The van der Waals surface area contributed by atoms with Crippen LogP contribution in [0.4, 0.5) is 0 Å². The molecule has 0 aromatic rings. The number of alkyl halides is 1. The molecular formula is C11H15IO2S. The molecule has 0 unspecified atom stereocenters. The second kappa shape index (κ2) is 4.65. The topological polar surface area (TPSA) is 26.3 Å². The third-order valence-electron chi connectivity index (χ3n) is 3.40. The van der Waals surface area contributed by atoms with Crippen molar-refractivity contribution < 1.29 is 9.53 Å². The number of carbonyl (C=O) groups is 1. The first-order chi connectivity index (χ1) is 7.23. The predicted molar refractivity (Wildman–Crippen MR) is 71.4 cm³/mol. The monoisotopic (exact) mass is 338 g/mol.